The summed E-state index contributed by atoms with van der Waals surface area (Å²) in [6.45, 7) is 0.856. The van der Waals surface area contributed by atoms with Gasteiger partial charge >= 0.3 is 0 Å². The van der Waals surface area contributed by atoms with Gasteiger partial charge in [0, 0.05) is 37.1 Å². The highest BCUT2D eigenvalue weighted by molar-refractivity contribution is 7.92. The molecule has 0 aromatic heterocycles. The third kappa shape index (κ3) is 6.65. The van der Waals surface area contributed by atoms with E-state index in [1.54, 1.807) is 31.3 Å². The van der Waals surface area contributed by atoms with Crippen molar-refractivity contribution in [3.8, 4) is 0 Å². The van der Waals surface area contributed by atoms with Gasteiger partial charge in [0.15, 0.2) is 0 Å². The van der Waals surface area contributed by atoms with Crippen LogP contribution in [-0.2, 0) is 19.6 Å². The van der Waals surface area contributed by atoms with Crippen molar-refractivity contribution in [3.63, 3.8) is 0 Å². The molecule has 9 nitrogen and oxygen atoms in total. The van der Waals surface area contributed by atoms with E-state index in [1.165, 1.54) is 4.90 Å². The minimum absolute atomic E-state index is 0.209. The van der Waals surface area contributed by atoms with Crippen LogP contribution < -0.4 is 14.9 Å². The summed E-state index contributed by atoms with van der Waals surface area (Å²) in [5.41, 5.74) is 4.54. The maximum atomic E-state index is 13.0. The van der Waals surface area contributed by atoms with Gasteiger partial charge in [-0.1, -0.05) is 48.5 Å². The van der Waals surface area contributed by atoms with Crippen molar-refractivity contribution < 1.29 is 18.0 Å². The molecule has 1 heterocycles. The second kappa shape index (κ2) is 11.7. The normalized spacial score (nSPS) is 14.0. The predicted octanol–water partition coefficient (Wildman–Crippen LogP) is 3.41. The summed E-state index contributed by atoms with van der Waals surface area (Å²) >= 11 is 0. The summed E-state index contributed by atoms with van der Waals surface area (Å²) in [4.78, 5) is 29.3. The average Bonchev–Trinajstić information content (AvgIpc) is 3.24. The Hall–Kier alpha value is -4.15. The van der Waals surface area contributed by atoms with E-state index in [0.29, 0.717) is 35.7 Å². The highest BCUT2D eigenvalue weighted by Gasteiger charge is 2.28. The standard InChI is InChI=1S/C29H33N5O4S/c1-32(2)18-19-33(3)26(35)20-34(39(4,37)38)23-16-14-22(15-17-23)30-28(21-10-6-5-7-11-21)27-24-12-8-9-13-25(24)31-29(27)36/h5-17,30H,18-20H2,1-4H3,(H,31,36). The van der Waals surface area contributed by atoms with Crippen molar-refractivity contribution in [3.05, 3.63) is 90.0 Å². The van der Waals surface area contributed by atoms with Gasteiger partial charge in [0.05, 0.1) is 23.2 Å². The highest BCUT2D eigenvalue weighted by atomic mass is 32.2. The Morgan fingerprint density at radius 2 is 1.51 bits per heavy atom. The van der Waals surface area contributed by atoms with Crippen LogP contribution in [0.4, 0.5) is 17.1 Å². The first kappa shape index (κ1) is 27.9. The topological polar surface area (TPSA) is 102 Å². The van der Waals surface area contributed by atoms with Gasteiger partial charge in [-0.25, -0.2) is 8.42 Å². The first-order chi connectivity index (χ1) is 18.5. The van der Waals surface area contributed by atoms with E-state index in [9.17, 15) is 18.0 Å². The molecule has 0 fully saturated rings. The van der Waals surface area contributed by atoms with Crippen molar-refractivity contribution in [2.75, 3.05) is 62.0 Å². The molecule has 39 heavy (non-hydrogen) atoms. The number of carbonyl (C=O) groups is 2. The fraction of sp³-hybridized carbons (Fsp3) is 0.241. The molecule has 0 unspecified atom stereocenters. The van der Waals surface area contributed by atoms with Gasteiger partial charge in [0.25, 0.3) is 5.91 Å². The van der Waals surface area contributed by atoms with Crippen LogP contribution in [0.15, 0.2) is 78.9 Å². The smallest absolute Gasteiger partial charge is 0.258 e. The molecule has 4 rings (SSSR count). The van der Waals surface area contributed by atoms with Gasteiger partial charge in [0.1, 0.15) is 6.54 Å². The summed E-state index contributed by atoms with van der Waals surface area (Å²) in [7, 11) is 1.77. The quantitative estimate of drug-likeness (QED) is 0.377. The van der Waals surface area contributed by atoms with Gasteiger partial charge in [-0.3, -0.25) is 13.9 Å². The Balaban J connectivity index is 1.63. The van der Waals surface area contributed by atoms with E-state index in [2.05, 4.69) is 10.6 Å². The number of anilines is 3. The second-order valence-electron chi connectivity index (χ2n) is 9.68. The van der Waals surface area contributed by atoms with Crippen LogP contribution >= 0.6 is 0 Å². The number of rotatable bonds is 10. The molecule has 0 bridgehead atoms. The lowest BCUT2D eigenvalue weighted by molar-refractivity contribution is -0.128. The number of amides is 2. The van der Waals surface area contributed by atoms with Crippen LogP contribution in [0.3, 0.4) is 0 Å². The van der Waals surface area contributed by atoms with Crippen LogP contribution in [0.5, 0.6) is 0 Å². The number of benzene rings is 3. The molecule has 2 amide bonds. The summed E-state index contributed by atoms with van der Waals surface area (Å²) in [6.07, 6.45) is 1.08. The van der Waals surface area contributed by atoms with Crippen LogP contribution in [0, 0.1) is 0 Å². The summed E-state index contributed by atoms with van der Waals surface area (Å²) in [5, 5.41) is 6.29. The molecule has 3 aromatic rings. The zero-order chi connectivity index (χ0) is 28.2. The molecule has 10 heteroatoms. The largest absolute Gasteiger partial charge is 0.354 e. The van der Waals surface area contributed by atoms with E-state index in [4.69, 9.17) is 0 Å². The monoisotopic (exact) mass is 547 g/mol. The molecular weight excluding hydrogens is 514 g/mol. The average molecular weight is 548 g/mol. The summed E-state index contributed by atoms with van der Waals surface area (Å²) < 4.78 is 26.3. The van der Waals surface area contributed by atoms with Crippen molar-refractivity contribution in [1.82, 2.24) is 9.80 Å². The molecule has 1 aliphatic heterocycles. The molecule has 0 saturated carbocycles. The molecule has 3 aromatic carbocycles. The molecule has 0 radical (unpaired) electrons. The van der Waals surface area contributed by atoms with Crippen LogP contribution in [-0.4, -0.2) is 77.1 Å². The van der Waals surface area contributed by atoms with Gasteiger partial charge < -0.3 is 20.4 Å². The summed E-state index contributed by atoms with van der Waals surface area (Å²) in [5.74, 6) is -0.509. The van der Waals surface area contributed by atoms with Gasteiger partial charge in [-0.15, -0.1) is 0 Å². The molecule has 204 valence electrons. The number of sulfonamides is 1. The number of hydrogen-bond acceptors (Lipinski definition) is 6. The first-order valence-corrected chi connectivity index (χ1v) is 14.3. The van der Waals surface area contributed by atoms with Gasteiger partial charge in [-0.2, -0.15) is 0 Å². The molecular formula is C29H33N5O4S. The van der Waals surface area contributed by atoms with Gasteiger partial charge in [0.2, 0.25) is 15.9 Å². The van der Waals surface area contributed by atoms with Crippen molar-refractivity contribution in [1.29, 1.82) is 0 Å². The Morgan fingerprint density at radius 3 is 2.15 bits per heavy atom. The Labute approximate surface area is 229 Å². The lowest BCUT2D eigenvalue weighted by atomic mass is 10.00. The van der Waals surface area contributed by atoms with E-state index in [0.717, 1.165) is 27.4 Å². The minimum atomic E-state index is -3.72. The lowest BCUT2D eigenvalue weighted by Crippen LogP contribution is -2.43. The number of nitrogens with zero attached hydrogens (tertiary/aromatic N) is 3. The number of hydrogen-bond donors (Lipinski definition) is 2. The molecule has 0 spiro atoms. The second-order valence-corrected chi connectivity index (χ2v) is 11.6. The molecule has 0 saturated heterocycles. The predicted molar refractivity (Wildman–Crippen MR) is 157 cm³/mol. The van der Waals surface area contributed by atoms with E-state index in [-0.39, 0.29) is 18.4 Å². The maximum absolute atomic E-state index is 13.0. The van der Waals surface area contributed by atoms with E-state index < -0.39 is 10.0 Å². The maximum Gasteiger partial charge on any atom is 0.258 e. The van der Waals surface area contributed by atoms with E-state index in [1.807, 2.05) is 73.6 Å². The molecule has 1 aliphatic rings. The van der Waals surface area contributed by atoms with Crippen LogP contribution in [0.25, 0.3) is 11.3 Å². The zero-order valence-electron chi connectivity index (χ0n) is 22.5. The Morgan fingerprint density at radius 1 is 0.872 bits per heavy atom. The number of likely N-dealkylation sites (N-methyl/N-ethyl adjacent to an activating group) is 2. The lowest BCUT2D eigenvalue weighted by Gasteiger charge is -2.26. The highest BCUT2D eigenvalue weighted by Crippen LogP contribution is 2.37. The number of carbonyl (C=O) groups excluding carboxylic acids is 2. The van der Waals surface area contributed by atoms with Crippen molar-refractivity contribution >= 4 is 50.2 Å². The van der Waals surface area contributed by atoms with Crippen LogP contribution in [0.2, 0.25) is 0 Å². The number of para-hydroxylation sites is 1. The van der Waals surface area contributed by atoms with E-state index >= 15 is 0 Å². The SMILES string of the molecule is CN(C)CCN(C)C(=O)CN(c1ccc(NC(=C2C(=O)Nc3ccccc32)c2ccccc2)cc1)S(C)(=O)=O. The number of nitrogens with one attached hydrogen (secondary N) is 2. The van der Waals surface area contributed by atoms with Crippen molar-refractivity contribution in [2.24, 2.45) is 0 Å². The zero-order valence-corrected chi connectivity index (χ0v) is 23.3. The molecule has 2 N–H and O–H groups in total. The molecule has 0 atom stereocenters. The van der Waals surface area contributed by atoms with Crippen LogP contribution in [0.1, 0.15) is 11.1 Å². The fourth-order valence-corrected chi connectivity index (χ4v) is 5.07. The summed E-state index contributed by atoms with van der Waals surface area (Å²) in [6, 6.07) is 23.8. The minimum Gasteiger partial charge on any atom is -0.354 e. The van der Waals surface area contributed by atoms with Gasteiger partial charge in [-0.05, 0) is 50.0 Å². The third-order valence-corrected chi connectivity index (χ3v) is 7.54. The number of fused-ring (bicyclic) bond motifs is 1. The van der Waals surface area contributed by atoms with Crippen molar-refractivity contribution in [2.45, 2.75) is 0 Å². The Bertz CT molecular complexity index is 1490. The Kier molecular flexibility index (Phi) is 8.37. The first-order valence-electron chi connectivity index (χ1n) is 12.5. The fourth-order valence-electron chi connectivity index (χ4n) is 4.22. The third-order valence-electron chi connectivity index (χ3n) is 6.40. The molecule has 0 aliphatic carbocycles.